The highest BCUT2D eigenvalue weighted by atomic mass is 19.3. The van der Waals surface area contributed by atoms with Gasteiger partial charge in [0.25, 0.3) is 0 Å². The molecule has 0 bridgehead atoms. The molecule has 0 N–H and O–H groups in total. The maximum Gasteiger partial charge on any atom is 0.400 e. The Bertz CT molecular complexity index is 1090. The van der Waals surface area contributed by atoms with Crippen molar-refractivity contribution in [3.63, 3.8) is 0 Å². The molecule has 0 spiro atoms. The molecule has 0 heterocycles. The first-order valence-corrected chi connectivity index (χ1v) is 15.4. The number of rotatable bonds is 7. The Morgan fingerprint density at radius 1 is 0.718 bits per heavy atom. The van der Waals surface area contributed by atoms with Gasteiger partial charge >= 0.3 is 6.11 Å². The van der Waals surface area contributed by atoms with E-state index in [4.69, 9.17) is 4.74 Å². The third kappa shape index (κ3) is 6.65. The molecular formula is C34H44F4O. The molecule has 2 aromatic rings. The summed E-state index contributed by atoms with van der Waals surface area (Å²) in [6.07, 6.45) is 8.40. The number of alkyl halides is 2. The number of aryl methyl sites for hydroxylation is 1. The van der Waals surface area contributed by atoms with Crippen molar-refractivity contribution in [3.8, 4) is 5.75 Å². The molecule has 0 unspecified atom stereocenters. The number of halogens is 4. The van der Waals surface area contributed by atoms with Gasteiger partial charge in [-0.05, 0) is 129 Å². The van der Waals surface area contributed by atoms with Gasteiger partial charge in [-0.2, -0.15) is 8.78 Å². The van der Waals surface area contributed by atoms with Crippen LogP contribution in [0.5, 0.6) is 5.75 Å². The first kappa shape index (κ1) is 28.5. The van der Waals surface area contributed by atoms with Gasteiger partial charge in [-0.3, -0.25) is 0 Å². The summed E-state index contributed by atoms with van der Waals surface area (Å²) in [5.74, 6) is 1.02. The van der Waals surface area contributed by atoms with Crippen molar-refractivity contribution in [2.24, 2.45) is 23.7 Å². The van der Waals surface area contributed by atoms with Gasteiger partial charge in [-0.25, -0.2) is 8.78 Å². The summed E-state index contributed by atoms with van der Waals surface area (Å²) in [4.78, 5) is 0. The molecule has 0 amide bonds. The fraction of sp³-hybridized carbons (Fsp3) is 0.647. The summed E-state index contributed by atoms with van der Waals surface area (Å²) in [6.45, 7) is 4.13. The topological polar surface area (TPSA) is 9.23 Å². The zero-order valence-corrected chi connectivity index (χ0v) is 23.5. The van der Waals surface area contributed by atoms with Gasteiger partial charge in [0.05, 0.1) is 5.92 Å². The molecule has 5 rings (SSSR count). The van der Waals surface area contributed by atoms with E-state index in [1.54, 1.807) is 6.07 Å². The zero-order chi connectivity index (χ0) is 27.6. The largest absolute Gasteiger partial charge is 0.432 e. The third-order valence-corrected chi connectivity index (χ3v) is 10.3. The minimum atomic E-state index is -3.30. The Labute approximate surface area is 231 Å². The minimum absolute atomic E-state index is 0.0403. The maximum absolute atomic E-state index is 15.2. The summed E-state index contributed by atoms with van der Waals surface area (Å²) in [7, 11) is 0. The Kier molecular flexibility index (Phi) is 8.93. The van der Waals surface area contributed by atoms with Crippen LogP contribution >= 0.6 is 0 Å². The molecule has 0 atom stereocenters. The second-order valence-electron chi connectivity index (χ2n) is 12.7. The van der Waals surface area contributed by atoms with Crippen molar-refractivity contribution < 1.29 is 22.3 Å². The molecule has 1 nitrogen and oxygen atoms in total. The standard InChI is InChI=1S/C34H44F4O/c1-3-23-14-18-30(21-32(23)35)39-34(37,38)29-16-12-25(13-17-29)24-8-10-27(11-9-24)31-19-15-28(20-33(31)36)26-6-4-22(2)5-7-26/h14-15,18-22,24-27,29H,3-13,16-17H2,1-2H3. The summed E-state index contributed by atoms with van der Waals surface area (Å²) >= 11 is 0. The number of hydrogen-bond acceptors (Lipinski definition) is 1. The number of ether oxygens (including phenoxy) is 1. The van der Waals surface area contributed by atoms with Crippen molar-refractivity contribution in [2.75, 3.05) is 0 Å². The lowest BCUT2D eigenvalue weighted by Crippen LogP contribution is -2.38. The van der Waals surface area contributed by atoms with Gasteiger partial charge in [0, 0.05) is 6.07 Å². The predicted molar refractivity (Wildman–Crippen MR) is 148 cm³/mol. The molecule has 3 aliphatic rings. The monoisotopic (exact) mass is 544 g/mol. The molecule has 3 fully saturated rings. The van der Waals surface area contributed by atoms with E-state index in [0.717, 1.165) is 74.5 Å². The van der Waals surface area contributed by atoms with Crippen LogP contribution in [0.2, 0.25) is 0 Å². The minimum Gasteiger partial charge on any atom is -0.432 e. The lowest BCUT2D eigenvalue weighted by Gasteiger charge is -2.39. The fourth-order valence-corrected chi connectivity index (χ4v) is 7.67. The van der Waals surface area contributed by atoms with E-state index in [1.165, 1.54) is 25.0 Å². The molecule has 214 valence electrons. The summed E-state index contributed by atoms with van der Waals surface area (Å²) in [5.41, 5.74) is 2.53. The Hall–Kier alpha value is -2.04. The summed E-state index contributed by atoms with van der Waals surface area (Å²) in [5, 5.41) is 0. The normalized spacial score (nSPS) is 30.2. The smallest absolute Gasteiger partial charge is 0.400 e. The number of hydrogen-bond donors (Lipinski definition) is 0. The van der Waals surface area contributed by atoms with Crippen LogP contribution in [0.3, 0.4) is 0 Å². The van der Waals surface area contributed by atoms with Gasteiger partial charge in [0.2, 0.25) is 0 Å². The highest BCUT2D eigenvalue weighted by molar-refractivity contribution is 5.31. The van der Waals surface area contributed by atoms with Crippen molar-refractivity contribution in [3.05, 3.63) is 64.7 Å². The highest BCUT2D eigenvalue weighted by Crippen LogP contribution is 2.47. The van der Waals surface area contributed by atoms with Crippen LogP contribution in [0.25, 0.3) is 0 Å². The fourth-order valence-electron chi connectivity index (χ4n) is 7.67. The molecule has 2 aromatic carbocycles. The molecule has 0 aromatic heterocycles. The van der Waals surface area contributed by atoms with Crippen molar-refractivity contribution in [1.29, 1.82) is 0 Å². The van der Waals surface area contributed by atoms with Crippen LogP contribution in [-0.4, -0.2) is 6.11 Å². The molecule has 0 saturated heterocycles. The molecule has 3 saturated carbocycles. The molecule has 3 aliphatic carbocycles. The maximum atomic E-state index is 15.2. The van der Waals surface area contributed by atoms with Crippen LogP contribution < -0.4 is 4.74 Å². The van der Waals surface area contributed by atoms with Crippen LogP contribution in [-0.2, 0) is 6.42 Å². The SMILES string of the molecule is CCc1ccc(OC(F)(F)C2CCC(C3CCC(c4ccc(C5CCC(C)CC5)cc4F)CC3)CC2)cc1F. The molecule has 5 heteroatoms. The molecule has 0 aliphatic heterocycles. The van der Waals surface area contributed by atoms with Crippen molar-refractivity contribution in [2.45, 2.75) is 115 Å². The van der Waals surface area contributed by atoms with Gasteiger partial charge in [0.15, 0.2) is 0 Å². The average Bonchev–Trinajstić information content (AvgIpc) is 2.93. The Morgan fingerprint density at radius 2 is 1.33 bits per heavy atom. The van der Waals surface area contributed by atoms with Crippen LogP contribution in [0.15, 0.2) is 36.4 Å². The van der Waals surface area contributed by atoms with E-state index < -0.39 is 17.8 Å². The highest BCUT2D eigenvalue weighted by Gasteiger charge is 2.45. The van der Waals surface area contributed by atoms with Crippen LogP contribution in [0, 0.1) is 35.3 Å². The average molecular weight is 545 g/mol. The second kappa shape index (κ2) is 12.2. The Morgan fingerprint density at radius 3 is 1.92 bits per heavy atom. The lowest BCUT2D eigenvalue weighted by atomic mass is 9.68. The molecular weight excluding hydrogens is 500 g/mol. The summed E-state index contributed by atoms with van der Waals surface area (Å²) in [6, 6.07) is 10.0. The van der Waals surface area contributed by atoms with E-state index in [9.17, 15) is 13.2 Å². The van der Waals surface area contributed by atoms with Crippen LogP contribution in [0.4, 0.5) is 17.6 Å². The van der Waals surface area contributed by atoms with E-state index in [0.29, 0.717) is 42.6 Å². The lowest BCUT2D eigenvalue weighted by molar-refractivity contribution is -0.224. The predicted octanol–water partition coefficient (Wildman–Crippen LogP) is 10.6. The van der Waals surface area contributed by atoms with Crippen LogP contribution in [0.1, 0.15) is 119 Å². The summed E-state index contributed by atoms with van der Waals surface area (Å²) < 4.78 is 64.1. The van der Waals surface area contributed by atoms with E-state index in [2.05, 4.69) is 13.0 Å². The number of benzene rings is 2. The van der Waals surface area contributed by atoms with E-state index in [1.807, 2.05) is 13.0 Å². The molecule has 0 radical (unpaired) electrons. The van der Waals surface area contributed by atoms with Crippen molar-refractivity contribution in [1.82, 2.24) is 0 Å². The van der Waals surface area contributed by atoms with Gasteiger partial charge in [-0.15, -0.1) is 0 Å². The zero-order valence-electron chi connectivity index (χ0n) is 23.5. The third-order valence-electron chi connectivity index (χ3n) is 10.3. The van der Waals surface area contributed by atoms with Crippen molar-refractivity contribution >= 4 is 0 Å². The molecule has 39 heavy (non-hydrogen) atoms. The quantitative estimate of drug-likeness (QED) is 0.315. The first-order chi connectivity index (χ1) is 18.7. The Balaban J connectivity index is 1.10. The first-order valence-electron chi connectivity index (χ1n) is 15.4. The van der Waals surface area contributed by atoms with Gasteiger partial charge < -0.3 is 4.74 Å². The van der Waals surface area contributed by atoms with Gasteiger partial charge in [0.1, 0.15) is 17.4 Å². The van der Waals surface area contributed by atoms with E-state index >= 15 is 4.39 Å². The second-order valence-corrected chi connectivity index (χ2v) is 12.7. The van der Waals surface area contributed by atoms with E-state index in [-0.39, 0.29) is 17.5 Å². The van der Waals surface area contributed by atoms with Gasteiger partial charge in [-0.1, -0.05) is 44.9 Å².